The molecule has 2 N–H and O–H groups in total. The van der Waals surface area contributed by atoms with E-state index in [2.05, 4.69) is 25.8 Å². The zero-order chi connectivity index (χ0) is 16.7. The van der Waals surface area contributed by atoms with Crippen molar-refractivity contribution in [2.75, 3.05) is 13.1 Å². The molecule has 0 fully saturated rings. The van der Waals surface area contributed by atoms with Crippen molar-refractivity contribution in [1.82, 2.24) is 20.8 Å². The van der Waals surface area contributed by atoms with Gasteiger partial charge in [-0.3, -0.25) is 0 Å². The first-order valence-electron chi connectivity index (χ1n) is 7.33. The number of rotatable bonds is 6. The van der Waals surface area contributed by atoms with Crippen LogP contribution in [0.2, 0.25) is 0 Å². The number of nitrogens with zero attached hydrogens (tertiary/aromatic N) is 3. The summed E-state index contributed by atoms with van der Waals surface area (Å²) in [6.45, 7) is 4.99. The SMILES string of the molecule is CCNC(=NCc1noc(C)n1)NCCc1cc(F)ccc1F.I. The van der Waals surface area contributed by atoms with Crippen LogP contribution in [0.5, 0.6) is 0 Å². The normalized spacial score (nSPS) is 11.1. The molecule has 0 bridgehead atoms. The average molecular weight is 451 g/mol. The maximum absolute atomic E-state index is 13.5. The van der Waals surface area contributed by atoms with Crippen molar-refractivity contribution in [2.45, 2.75) is 26.8 Å². The van der Waals surface area contributed by atoms with Gasteiger partial charge in [0.15, 0.2) is 11.8 Å². The molecule has 0 aliphatic carbocycles. The van der Waals surface area contributed by atoms with Crippen LogP contribution in [-0.4, -0.2) is 29.2 Å². The minimum absolute atomic E-state index is 0. The van der Waals surface area contributed by atoms with Crippen LogP contribution in [0.4, 0.5) is 8.78 Å². The van der Waals surface area contributed by atoms with Gasteiger partial charge in [-0.1, -0.05) is 5.16 Å². The first-order valence-corrected chi connectivity index (χ1v) is 7.33. The summed E-state index contributed by atoms with van der Waals surface area (Å²) in [5, 5.41) is 9.87. The predicted octanol–water partition coefficient (Wildman–Crippen LogP) is 2.57. The number of guanidine groups is 1. The van der Waals surface area contributed by atoms with Crippen LogP contribution in [0.15, 0.2) is 27.7 Å². The number of hydrogen-bond acceptors (Lipinski definition) is 4. The Morgan fingerprint density at radius 3 is 2.75 bits per heavy atom. The van der Waals surface area contributed by atoms with Gasteiger partial charge in [0.2, 0.25) is 5.89 Å². The highest BCUT2D eigenvalue weighted by molar-refractivity contribution is 14.0. The van der Waals surface area contributed by atoms with Crippen LogP contribution in [0.3, 0.4) is 0 Å². The minimum atomic E-state index is -0.450. The van der Waals surface area contributed by atoms with E-state index >= 15 is 0 Å². The number of benzene rings is 1. The molecule has 0 saturated carbocycles. The zero-order valence-corrected chi connectivity index (χ0v) is 15.8. The predicted molar refractivity (Wildman–Crippen MR) is 97.3 cm³/mol. The molecule has 1 aromatic carbocycles. The van der Waals surface area contributed by atoms with Crippen molar-refractivity contribution in [1.29, 1.82) is 0 Å². The fourth-order valence-corrected chi connectivity index (χ4v) is 1.95. The zero-order valence-electron chi connectivity index (χ0n) is 13.5. The molecule has 0 aliphatic rings. The first-order chi connectivity index (χ1) is 11.1. The van der Waals surface area contributed by atoms with E-state index in [1.807, 2.05) is 6.92 Å². The summed E-state index contributed by atoms with van der Waals surface area (Å²) in [6, 6.07) is 3.43. The standard InChI is InChI=1S/C15H19F2N5O.HI/c1-3-18-15(20-9-14-21-10(2)23-22-14)19-7-6-11-8-12(16)4-5-13(11)17;/h4-5,8H,3,6-7,9H2,1-2H3,(H2,18,19,20);1H. The van der Waals surface area contributed by atoms with Crippen molar-refractivity contribution in [3.8, 4) is 0 Å². The van der Waals surface area contributed by atoms with Crippen LogP contribution in [0.25, 0.3) is 0 Å². The van der Waals surface area contributed by atoms with Gasteiger partial charge in [0.1, 0.15) is 18.2 Å². The topological polar surface area (TPSA) is 75.3 Å². The van der Waals surface area contributed by atoms with E-state index in [-0.39, 0.29) is 30.5 Å². The highest BCUT2D eigenvalue weighted by Crippen LogP contribution is 2.09. The molecule has 24 heavy (non-hydrogen) atoms. The van der Waals surface area contributed by atoms with E-state index in [0.717, 1.165) is 12.1 Å². The average Bonchev–Trinajstić information content (AvgIpc) is 2.94. The van der Waals surface area contributed by atoms with E-state index < -0.39 is 11.6 Å². The smallest absolute Gasteiger partial charge is 0.223 e. The first kappa shape index (κ1) is 20.3. The molecule has 0 aliphatic heterocycles. The Morgan fingerprint density at radius 1 is 1.29 bits per heavy atom. The van der Waals surface area contributed by atoms with E-state index in [0.29, 0.717) is 42.7 Å². The Bertz CT molecular complexity index is 678. The van der Waals surface area contributed by atoms with Crippen molar-refractivity contribution in [3.63, 3.8) is 0 Å². The molecule has 6 nitrogen and oxygen atoms in total. The third-order valence-electron chi connectivity index (χ3n) is 2.99. The lowest BCUT2D eigenvalue weighted by Crippen LogP contribution is -2.38. The number of halogens is 3. The van der Waals surface area contributed by atoms with Crippen molar-refractivity contribution >= 4 is 29.9 Å². The second-order valence-corrected chi connectivity index (χ2v) is 4.84. The maximum Gasteiger partial charge on any atom is 0.223 e. The van der Waals surface area contributed by atoms with Gasteiger partial charge >= 0.3 is 0 Å². The number of aromatic nitrogens is 2. The largest absolute Gasteiger partial charge is 0.357 e. The summed E-state index contributed by atoms with van der Waals surface area (Å²) >= 11 is 0. The van der Waals surface area contributed by atoms with Gasteiger partial charge in [0.25, 0.3) is 0 Å². The summed E-state index contributed by atoms with van der Waals surface area (Å²) in [5.74, 6) is 0.643. The van der Waals surface area contributed by atoms with E-state index in [1.165, 1.54) is 6.07 Å². The lowest BCUT2D eigenvalue weighted by molar-refractivity contribution is 0.387. The number of hydrogen-bond donors (Lipinski definition) is 2. The summed E-state index contributed by atoms with van der Waals surface area (Å²) in [7, 11) is 0. The molecule has 1 heterocycles. The third-order valence-corrected chi connectivity index (χ3v) is 2.99. The molecule has 9 heteroatoms. The molecule has 0 unspecified atom stereocenters. The highest BCUT2D eigenvalue weighted by Gasteiger charge is 2.05. The fourth-order valence-electron chi connectivity index (χ4n) is 1.95. The quantitative estimate of drug-likeness (QED) is 0.401. The van der Waals surface area contributed by atoms with Gasteiger partial charge in [-0.2, -0.15) is 4.98 Å². The summed E-state index contributed by atoms with van der Waals surface area (Å²) in [4.78, 5) is 8.37. The Hall–Kier alpha value is -1.78. The molecule has 132 valence electrons. The molecular formula is C15H20F2IN5O. The number of aryl methyl sites for hydroxylation is 1. The fraction of sp³-hybridized carbons (Fsp3) is 0.400. The van der Waals surface area contributed by atoms with E-state index in [1.54, 1.807) is 6.92 Å². The van der Waals surface area contributed by atoms with E-state index in [9.17, 15) is 8.78 Å². The van der Waals surface area contributed by atoms with Crippen molar-refractivity contribution in [2.24, 2.45) is 4.99 Å². The number of aliphatic imine (C=N–C) groups is 1. The molecule has 2 rings (SSSR count). The maximum atomic E-state index is 13.5. The number of nitrogens with one attached hydrogen (secondary N) is 2. The lowest BCUT2D eigenvalue weighted by Gasteiger charge is -2.11. The molecule has 0 atom stereocenters. The highest BCUT2D eigenvalue weighted by atomic mass is 127. The van der Waals surface area contributed by atoms with Crippen LogP contribution in [0.1, 0.15) is 24.2 Å². The van der Waals surface area contributed by atoms with Gasteiger partial charge in [0, 0.05) is 20.0 Å². The van der Waals surface area contributed by atoms with Crippen molar-refractivity contribution in [3.05, 3.63) is 47.1 Å². The van der Waals surface area contributed by atoms with Gasteiger partial charge < -0.3 is 15.2 Å². The Kier molecular flexibility index (Phi) is 8.58. The Morgan fingerprint density at radius 2 is 2.08 bits per heavy atom. The second-order valence-electron chi connectivity index (χ2n) is 4.84. The molecule has 1 aromatic heterocycles. The molecular weight excluding hydrogens is 431 g/mol. The molecule has 0 spiro atoms. The monoisotopic (exact) mass is 451 g/mol. The third kappa shape index (κ3) is 6.38. The minimum Gasteiger partial charge on any atom is -0.357 e. The van der Waals surface area contributed by atoms with Crippen LogP contribution in [0, 0.1) is 18.6 Å². The van der Waals surface area contributed by atoms with Crippen LogP contribution < -0.4 is 10.6 Å². The Balaban J connectivity index is 0.00000288. The van der Waals surface area contributed by atoms with Crippen LogP contribution in [-0.2, 0) is 13.0 Å². The van der Waals surface area contributed by atoms with Gasteiger partial charge in [0.05, 0.1) is 0 Å². The second kappa shape index (κ2) is 10.2. The molecule has 2 aromatic rings. The summed E-state index contributed by atoms with van der Waals surface area (Å²) < 4.78 is 31.5. The van der Waals surface area contributed by atoms with Crippen LogP contribution >= 0.6 is 24.0 Å². The molecule has 0 radical (unpaired) electrons. The van der Waals surface area contributed by atoms with Gasteiger partial charge in [-0.05, 0) is 37.1 Å². The van der Waals surface area contributed by atoms with Crippen molar-refractivity contribution < 1.29 is 13.3 Å². The molecule has 0 saturated heterocycles. The van der Waals surface area contributed by atoms with Gasteiger partial charge in [-0.15, -0.1) is 24.0 Å². The summed E-state index contributed by atoms with van der Waals surface area (Å²) in [6.07, 6.45) is 0.343. The molecule has 0 amide bonds. The lowest BCUT2D eigenvalue weighted by atomic mass is 10.1. The summed E-state index contributed by atoms with van der Waals surface area (Å²) in [5.41, 5.74) is 0.321. The Labute approximate surface area is 156 Å². The van der Waals surface area contributed by atoms with Gasteiger partial charge in [-0.25, -0.2) is 13.8 Å². The van der Waals surface area contributed by atoms with E-state index in [4.69, 9.17) is 4.52 Å².